The highest BCUT2D eigenvalue weighted by atomic mass is 35.5. The van der Waals surface area contributed by atoms with Crippen molar-refractivity contribution in [3.8, 4) is 0 Å². The Morgan fingerprint density at radius 2 is 1.85 bits per heavy atom. The zero-order valence-corrected chi connectivity index (χ0v) is 17.7. The van der Waals surface area contributed by atoms with Crippen molar-refractivity contribution in [1.29, 1.82) is 0 Å². The Balaban J connectivity index is 2.00. The third-order valence-electron chi connectivity index (χ3n) is 5.66. The van der Waals surface area contributed by atoms with Gasteiger partial charge in [0.2, 0.25) is 0 Å². The van der Waals surface area contributed by atoms with Crippen LogP contribution in [0.2, 0.25) is 5.02 Å². The lowest BCUT2D eigenvalue weighted by Gasteiger charge is -2.21. The smallest absolute Gasteiger partial charge is 0.0560 e. The van der Waals surface area contributed by atoms with Gasteiger partial charge in [0.1, 0.15) is 0 Å². The number of rotatable bonds is 4. The van der Waals surface area contributed by atoms with E-state index in [4.69, 9.17) is 11.6 Å². The molecule has 0 N–H and O–H groups in total. The van der Waals surface area contributed by atoms with Gasteiger partial charge in [-0.05, 0) is 59.1 Å². The first-order chi connectivity index (χ1) is 12.4. The van der Waals surface area contributed by atoms with E-state index in [9.17, 15) is 0 Å². The van der Waals surface area contributed by atoms with Crippen molar-refractivity contribution in [3.63, 3.8) is 0 Å². The average molecular weight is 381 g/mol. The predicted octanol–water partition coefficient (Wildman–Crippen LogP) is 6.41. The highest BCUT2D eigenvalue weighted by Gasteiger charge is 2.15. The van der Waals surface area contributed by atoms with Crippen LogP contribution in [-0.2, 0) is 0 Å². The molecule has 0 spiro atoms. The molecule has 3 aromatic rings. The minimum absolute atomic E-state index is 0.468. The summed E-state index contributed by atoms with van der Waals surface area (Å²) < 4.78 is 0. The van der Waals surface area contributed by atoms with E-state index in [1.807, 2.05) is 0 Å². The Hall–Kier alpha value is -1.75. The molecule has 0 aliphatic carbocycles. The maximum Gasteiger partial charge on any atom is 0.0560 e. The molecule has 0 aliphatic heterocycles. The lowest BCUT2D eigenvalue weighted by molar-refractivity contribution is 0.561. The van der Waals surface area contributed by atoms with Crippen LogP contribution in [0, 0.1) is 12.8 Å². The monoisotopic (exact) mass is 380 g/mol. The molecule has 0 saturated heterocycles. The summed E-state index contributed by atoms with van der Waals surface area (Å²) in [5, 5.41) is 5.44. The number of fused-ring (bicyclic) bond motifs is 1. The van der Waals surface area contributed by atoms with Gasteiger partial charge in [0.25, 0.3) is 0 Å². The number of aryl methyl sites for hydroxylation is 1. The molecule has 0 bridgehead atoms. The first kappa shape index (κ1) is 19.0. The van der Waals surface area contributed by atoms with Crippen LogP contribution >= 0.6 is 19.8 Å². The van der Waals surface area contributed by atoms with Gasteiger partial charge in [0, 0.05) is 10.5 Å². The Labute approximate surface area is 163 Å². The molecule has 3 atom stereocenters. The van der Waals surface area contributed by atoms with E-state index < -0.39 is 0 Å². The highest BCUT2D eigenvalue weighted by Crippen LogP contribution is 2.30. The normalized spacial score (nSPS) is 15.7. The van der Waals surface area contributed by atoms with E-state index in [0.717, 1.165) is 15.6 Å². The van der Waals surface area contributed by atoms with Crippen LogP contribution in [0.4, 0.5) is 0 Å². The van der Waals surface area contributed by atoms with Gasteiger partial charge in [0.15, 0.2) is 0 Å². The van der Waals surface area contributed by atoms with Gasteiger partial charge >= 0.3 is 0 Å². The van der Waals surface area contributed by atoms with Gasteiger partial charge in [-0.1, -0.05) is 80.1 Å². The van der Waals surface area contributed by atoms with Gasteiger partial charge < -0.3 is 0 Å². The van der Waals surface area contributed by atoms with Crippen molar-refractivity contribution in [3.05, 3.63) is 80.4 Å². The van der Waals surface area contributed by atoms with Gasteiger partial charge in [-0.15, -0.1) is 8.19 Å². The molecule has 1 aromatic heterocycles. The van der Waals surface area contributed by atoms with Crippen molar-refractivity contribution in [2.75, 3.05) is 0 Å². The van der Waals surface area contributed by atoms with Crippen LogP contribution in [0.25, 0.3) is 23.2 Å². The number of hydrogen-bond donors (Lipinski definition) is 0. The zero-order valence-electron chi connectivity index (χ0n) is 15.9. The molecule has 0 amide bonds. The molecule has 134 valence electrons. The summed E-state index contributed by atoms with van der Waals surface area (Å²) in [7, 11) is 0.706. The summed E-state index contributed by atoms with van der Waals surface area (Å²) in [6.45, 7) is 13.3. The average Bonchev–Trinajstić information content (AvgIpc) is 3.15. The fourth-order valence-electron chi connectivity index (χ4n) is 3.54. The minimum Gasteiger partial charge on any atom is -0.131 e. The summed E-state index contributed by atoms with van der Waals surface area (Å²) in [6, 6.07) is 12.9. The van der Waals surface area contributed by atoms with Crippen LogP contribution < -0.4 is 10.4 Å². The Bertz CT molecular complexity index is 1060. The van der Waals surface area contributed by atoms with Gasteiger partial charge in [-0.3, -0.25) is 0 Å². The second-order valence-corrected chi connectivity index (χ2v) is 8.66. The first-order valence-electron chi connectivity index (χ1n) is 9.09. The van der Waals surface area contributed by atoms with Crippen molar-refractivity contribution >= 4 is 43.0 Å². The van der Waals surface area contributed by atoms with Crippen LogP contribution in [-0.4, -0.2) is 0 Å². The minimum atomic E-state index is 0.468. The summed E-state index contributed by atoms with van der Waals surface area (Å²) in [5.41, 5.74) is 4.07. The predicted molar refractivity (Wildman–Crippen MR) is 120 cm³/mol. The molecule has 0 aliphatic rings. The molecule has 3 unspecified atom stereocenters. The molecule has 0 radical (unpaired) electrons. The lowest BCUT2D eigenvalue weighted by Crippen LogP contribution is -2.27. The molecule has 3 rings (SSSR count). The summed E-state index contributed by atoms with van der Waals surface area (Å²) in [6.07, 6.45) is 4.45. The van der Waals surface area contributed by atoms with Crippen LogP contribution in [0.1, 0.15) is 37.8 Å². The fraction of sp³-hybridized carbons (Fsp3) is 0.250. The van der Waals surface area contributed by atoms with Crippen LogP contribution in [0.5, 0.6) is 0 Å². The molecule has 1 heterocycles. The number of benzene rings is 2. The molecule has 2 heteroatoms. The van der Waals surface area contributed by atoms with Crippen molar-refractivity contribution in [2.45, 2.75) is 33.6 Å². The van der Waals surface area contributed by atoms with E-state index in [1.165, 1.54) is 27.0 Å². The number of halogens is 1. The van der Waals surface area contributed by atoms with Gasteiger partial charge in [-0.2, -0.15) is 0 Å². The summed E-state index contributed by atoms with van der Waals surface area (Å²) >= 11 is 6.57. The van der Waals surface area contributed by atoms with E-state index in [1.54, 1.807) is 0 Å². The van der Waals surface area contributed by atoms with E-state index in [-0.39, 0.29) is 0 Å². The molecular weight excluding hydrogens is 355 g/mol. The van der Waals surface area contributed by atoms with E-state index in [2.05, 4.69) is 88.6 Å². The topological polar surface area (TPSA) is 0 Å². The second kappa shape index (κ2) is 7.87. The molecular formula is C24H26ClP. The fourth-order valence-corrected chi connectivity index (χ4v) is 5.01. The van der Waals surface area contributed by atoms with Crippen LogP contribution in [0.15, 0.2) is 53.8 Å². The maximum atomic E-state index is 6.57. The molecule has 0 saturated carbocycles. The van der Waals surface area contributed by atoms with E-state index >= 15 is 0 Å². The third kappa shape index (κ3) is 3.54. The quantitative estimate of drug-likeness (QED) is 0.490. The zero-order chi connectivity index (χ0) is 18.8. The van der Waals surface area contributed by atoms with E-state index in [0.29, 0.717) is 20.0 Å². The largest absolute Gasteiger partial charge is 0.131 e. The Kier molecular flexibility index (Phi) is 5.76. The second-order valence-electron chi connectivity index (χ2n) is 7.16. The van der Waals surface area contributed by atoms with Crippen molar-refractivity contribution in [2.24, 2.45) is 5.92 Å². The maximum absolute atomic E-state index is 6.57. The summed E-state index contributed by atoms with van der Waals surface area (Å²) in [5.74, 6) is 3.16. The van der Waals surface area contributed by atoms with Crippen LogP contribution in [0.3, 0.4) is 0 Å². The molecule has 0 fully saturated rings. The van der Waals surface area contributed by atoms with Gasteiger partial charge in [0.05, 0.1) is 5.02 Å². The SMILES string of the molecule is C=c1c(Cl)c2cc[pH]c2c(C)/c1=C/C=C(\C)C(C)C(C)c1ccccc1. The molecule has 26 heavy (non-hydrogen) atoms. The highest BCUT2D eigenvalue weighted by molar-refractivity contribution is 7.36. The Morgan fingerprint density at radius 3 is 2.54 bits per heavy atom. The summed E-state index contributed by atoms with van der Waals surface area (Å²) in [4.78, 5) is 0. The van der Waals surface area contributed by atoms with Gasteiger partial charge in [-0.25, -0.2) is 0 Å². The number of allylic oxidation sites excluding steroid dienone is 2. The number of hydrogen-bond acceptors (Lipinski definition) is 0. The van der Waals surface area contributed by atoms with Crippen molar-refractivity contribution < 1.29 is 0 Å². The third-order valence-corrected chi connectivity index (χ3v) is 7.36. The van der Waals surface area contributed by atoms with Crippen molar-refractivity contribution in [1.82, 2.24) is 0 Å². The molecule has 2 aromatic carbocycles. The standard InChI is InChI=1S/C24H26ClP/c1-15(16(2)17(3)20-9-7-6-8-10-20)11-12-21-18(4)23(25)22-13-14-26-24(22)19(21)5/h6-14,16-17,26H,4H2,1-3,5H3/b15-11+,21-12+. The lowest BCUT2D eigenvalue weighted by atomic mass is 9.84. The Morgan fingerprint density at radius 1 is 1.15 bits per heavy atom. The first-order valence-corrected chi connectivity index (χ1v) is 10.5. The molecule has 0 nitrogen and oxygen atoms in total.